The number of hydrogen-bond acceptors (Lipinski definition) is 3. The third kappa shape index (κ3) is 4.82. The lowest BCUT2D eigenvalue weighted by Gasteiger charge is -2.07. The minimum atomic E-state index is -0.459. The highest BCUT2D eigenvalue weighted by molar-refractivity contribution is 7.08. The van der Waals surface area contributed by atoms with Gasteiger partial charge in [0.15, 0.2) is 0 Å². The van der Waals surface area contributed by atoms with Gasteiger partial charge in [0.2, 0.25) is 5.91 Å². The Labute approximate surface area is 136 Å². The number of hydrogen-bond donors (Lipinski definition) is 2. The first kappa shape index (κ1) is 16.5. The van der Waals surface area contributed by atoms with Crippen LogP contribution in [0.3, 0.4) is 0 Å². The monoisotopic (exact) mass is 340 g/mol. The molecule has 7 heteroatoms. The zero-order chi connectivity index (χ0) is 15.9. The summed E-state index contributed by atoms with van der Waals surface area (Å²) >= 11 is 7.27. The number of nitrogens with one attached hydrogen (secondary N) is 2. The van der Waals surface area contributed by atoms with Gasteiger partial charge in [-0.25, -0.2) is 4.39 Å². The second kappa shape index (κ2) is 7.91. The molecule has 0 spiro atoms. The lowest BCUT2D eigenvalue weighted by Crippen LogP contribution is -2.25. The molecular weight excluding hydrogens is 327 g/mol. The van der Waals surface area contributed by atoms with Crippen LogP contribution in [-0.2, 0) is 4.79 Å². The van der Waals surface area contributed by atoms with E-state index in [9.17, 15) is 14.0 Å². The normalized spacial score (nSPS) is 10.3. The topological polar surface area (TPSA) is 58.2 Å². The van der Waals surface area contributed by atoms with Crippen LogP contribution in [0.5, 0.6) is 0 Å². The number of amides is 2. The Morgan fingerprint density at radius 3 is 2.77 bits per heavy atom. The molecule has 0 saturated carbocycles. The SMILES string of the molecule is O=C(CCCNC(=O)c1ccsc1)Nc1ccc(F)cc1Cl. The molecule has 0 bridgehead atoms. The minimum absolute atomic E-state index is 0.150. The summed E-state index contributed by atoms with van der Waals surface area (Å²) in [6, 6.07) is 5.51. The molecule has 22 heavy (non-hydrogen) atoms. The number of benzene rings is 1. The van der Waals surface area contributed by atoms with Crippen molar-refractivity contribution in [1.29, 1.82) is 0 Å². The Morgan fingerprint density at radius 1 is 1.27 bits per heavy atom. The second-order valence-corrected chi connectivity index (χ2v) is 5.73. The largest absolute Gasteiger partial charge is 0.352 e. The van der Waals surface area contributed by atoms with Crippen molar-refractivity contribution < 1.29 is 14.0 Å². The van der Waals surface area contributed by atoms with Crippen LogP contribution in [0.15, 0.2) is 35.0 Å². The molecule has 2 N–H and O–H groups in total. The molecule has 0 radical (unpaired) electrons. The van der Waals surface area contributed by atoms with E-state index in [-0.39, 0.29) is 23.3 Å². The number of rotatable bonds is 6. The summed E-state index contributed by atoms with van der Waals surface area (Å²) in [5.41, 5.74) is 0.989. The van der Waals surface area contributed by atoms with Gasteiger partial charge in [-0.15, -0.1) is 0 Å². The van der Waals surface area contributed by atoms with Gasteiger partial charge in [-0.3, -0.25) is 9.59 Å². The molecule has 0 atom stereocenters. The van der Waals surface area contributed by atoms with Gasteiger partial charge in [-0.05, 0) is 36.1 Å². The zero-order valence-electron chi connectivity index (χ0n) is 11.6. The van der Waals surface area contributed by atoms with Gasteiger partial charge >= 0.3 is 0 Å². The molecule has 0 saturated heterocycles. The lowest BCUT2D eigenvalue weighted by molar-refractivity contribution is -0.116. The van der Waals surface area contributed by atoms with Crippen molar-refractivity contribution in [3.63, 3.8) is 0 Å². The molecule has 0 aliphatic heterocycles. The van der Waals surface area contributed by atoms with E-state index in [4.69, 9.17) is 11.6 Å². The first-order valence-electron chi connectivity index (χ1n) is 6.61. The maximum absolute atomic E-state index is 12.9. The number of carbonyl (C=O) groups excluding carboxylic acids is 2. The summed E-state index contributed by atoms with van der Waals surface area (Å²) in [5.74, 6) is -0.847. The summed E-state index contributed by atoms with van der Waals surface area (Å²) < 4.78 is 12.9. The molecule has 1 heterocycles. The van der Waals surface area contributed by atoms with Crippen LogP contribution < -0.4 is 10.6 Å². The van der Waals surface area contributed by atoms with Crippen LogP contribution in [0, 0.1) is 5.82 Å². The standard InChI is InChI=1S/C15H14ClFN2O2S/c16-12-8-11(17)3-4-13(12)19-14(20)2-1-6-18-15(21)10-5-7-22-9-10/h3-5,7-9H,1-2,6H2,(H,18,21)(H,19,20). The molecule has 2 rings (SSSR count). The van der Waals surface area contributed by atoms with Gasteiger partial charge in [0.25, 0.3) is 5.91 Å². The van der Waals surface area contributed by atoms with Crippen molar-refractivity contribution in [3.8, 4) is 0 Å². The minimum Gasteiger partial charge on any atom is -0.352 e. The van der Waals surface area contributed by atoms with E-state index >= 15 is 0 Å². The fraction of sp³-hybridized carbons (Fsp3) is 0.200. The second-order valence-electron chi connectivity index (χ2n) is 4.54. The molecule has 1 aromatic carbocycles. The van der Waals surface area contributed by atoms with Gasteiger partial charge in [0, 0.05) is 23.9 Å². The Morgan fingerprint density at radius 2 is 2.09 bits per heavy atom. The van der Waals surface area contributed by atoms with Crippen LogP contribution in [0.4, 0.5) is 10.1 Å². The van der Waals surface area contributed by atoms with Gasteiger partial charge in [-0.1, -0.05) is 11.6 Å². The van der Waals surface area contributed by atoms with Crippen molar-refractivity contribution >= 4 is 40.4 Å². The fourth-order valence-electron chi connectivity index (χ4n) is 1.75. The van der Waals surface area contributed by atoms with E-state index in [1.165, 1.54) is 23.5 Å². The molecule has 116 valence electrons. The molecule has 0 unspecified atom stereocenters. The number of halogens is 2. The summed E-state index contributed by atoms with van der Waals surface area (Å²) in [6.07, 6.45) is 0.734. The predicted octanol–water partition coefficient (Wildman–Crippen LogP) is 3.69. The average molecular weight is 341 g/mol. The summed E-state index contributed by atoms with van der Waals surface area (Å²) in [6.45, 7) is 0.402. The van der Waals surface area contributed by atoms with Crippen LogP contribution in [-0.4, -0.2) is 18.4 Å². The van der Waals surface area contributed by atoms with Gasteiger partial charge in [0.05, 0.1) is 10.7 Å². The molecule has 2 amide bonds. The van der Waals surface area contributed by atoms with E-state index in [1.54, 1.807) is 11.4 Å². The summed E-state index contributed by atoms with van der Waals surface area (Å²) in [4.78, 5) is 23.4. The molecule has 0 aliphatic carbocycles. The Balaban J connectivity index is 1.71. The molecular formula is C15H14ClFN2O2S. The first-order valence-corrected chi connectivity index (χ1v) is 7.93. The Bertz CT molecular complexity index is 662. The van der Waals surface area contributed by atoms with Gasteiger partial charge in [-0.2, -0.15) is 11.3 Å². The zero-order valence-corrected chi connectivity index (χ0v) is 13.1. The van der Waals surface area contributed by atoms with E-state index in [0.29, 0.717) is 24.2 Å². The van der Waals surface area contributed by atoms with E-state index in [2.05, 4.69) is 10.6 Å². The van der Waals surface area contributed by atoms with Gasteiger partial charge < -0.3 is 10.6 Å². The molecule has 4 nitrogen and oxygen atoms in total. The number of thiophene rings is 1. The van der Waals surface area contributed by atoms with Crippen LogP contribution >= 0.6 is 22.9 Å². The molecule has 2 aromatic rings. The van der Waals surface area contributed by atoms with Crippen molar-refractivity contribution in [2.75, 3.05) is 11.9 Å². The maximum atomic E-state index is 12.9. The molecule has 0 fully saturated rings. The lowest BCUT2D eigenvalue weighted by atomic mass is 10.2. The van der Waals surface area contributed by atoms with E-state index < -0.39 is 5.82 Å². The Hall–Kier alpha value is -1.92. The average Bonchev–Trinajstić information content (AvgIpc) is 3.01. The summed E-state index contributed by atoms with van der Waals surface area (Å²) in [5, 5.41) is 9.08. The van der Waals surface area contributed by atoms with Crippen molar-refractivity contribution in [2.45, 2.75) is 12.8 Å². The highest BCUT2D eigenvalue weighted by Gasteiger charge is 2.08. The number of anilines is 1. The maximum Gasteiger partial charge on any atom is 0.252 e. The number of carbonyl (C=O) groups is 2. The third-order valence-electron chi connectivity index (χ3n) is 2.85. The third-order valence-corrected chi connectivity index (χ3v) is 3.85. The molecule has 1 aromatic heterocycles. The Kier molecular flexibility index (Phi) is 5.91. The van der Waals surface area contributed by atoms with E-state index in [1.807, 2.05) is 5.38 Å². The van der Waals surface area contributed by atoms with Crippen LogP contribution in [0.25, 0.3) is 0 Å². The van der Waals surface area contributed by atoms with E-state index in [0.717, 1.165) is 6.07 Å². The first-order chi connectivity index (χ1) is 10.6. The smallest absolute Gasteiger partial charge is 0.252 e. The van der Waals surface area contributed by atoms with Crippen molar-refractivity contribution in [1.82, 2.24) is 5.32 Å². The van der Waals surface area contributed by atoms with Crippen LogP contribution in [0.1, 0.15) is 23.2 Å². The summed E-state index contributed by atoms with van der Waals surface area (Å²) in [7, 11) is 0. The van der Waals surface area contributed by atoms with Gasteiger partial charge in [0.1, 0.15) is 5.82 Å². The highest BCUT2D eigenvalue weighted by Crippen LogP contribution is 2.22. The van der Waals surface area contributed by atoms with Crippen LogP contribution in [0.2, 0.25) is 5.02 Å². The highest BCUT2D eigenvalue weighted by atomic mass is 35.5. The molecule has 0 aliphatic rings. The van der Waals surface area contributed by atoms with Crippen molar-refractivity contribution in [2.24, 2.45) is 0 Å². The fourth-order valence-corrected chi connectivity index (χ4v) is 2.60. The quantitative estimate of drug-likeness (QED) is 0.788. The predicted molar refractivity (Wildman–Crippen MR) is 85.9 cm³/mol. The van der Waals surface area contributed by atoms with Crippen molar-refractivity contribution in [3.05, 3.63) is 51.4 Å².